The Morgan fingerprint density at radius 3 is 2.37 bits per heavy atom. The van der Waals surface area contributed by atoms with Crippen LogP contribution < -0.4 is 10.6 Å². The number of anilines is 2. The van der Waals surface area contributed by atoms with E-state index in [0.29, 0.717) is 25.0 Å². The fraction of sp³-hybridized carbons (Fsp3) is 0.636. The number of rotatable bonds is 8. The molecule has 0 bridgehead atoms. The van der Waals surface area contributed by atoms with Gasteiger partial charge in [0, 0.05) is 13.1 Å². The lowest BCUT2D eigenvalue weighted by atomic mass is 10.4. The summed E-state index contributed by atoms with van der Waals surface area (Å²) in [6, 6.07) is 0. The molecule has 19 heavy (non-hydrogen) atoms. The molecule has 8 heteroatoms. The van der Waals surface area contributed by atoms with Crippen LogP contribution in [0.2, 0.25) is 5.28 Å². The Hall–Kier alpha value is -1.63. The maximum absolute atomic E-state index is 11.2. The van der Waals surface area contributed by atoms with Gasteiger partial charge in [-0.3, -0.25) is 4.79 Å². The van der Waals surface area contributed by atoms with Crippen molar-refractivity contribution in [2.75, 3.05) is 30.3 Å². The first kappa shape index (κ1) is 15.4. The molecule has 1 rings (SSSR count). The zero-order valence-electron chi connectivity index (χ0n) is 11.1. The van der Waals surface area contributed by atoms with Crippen LogP contribution in [-0.2, 0) is 9.53 Å². The molecule has 0 radical (unpaired) electrons. The van der Waals surface area contributed by atoms with E-state index in [1.54, 1.807) is 6.92 Å². The Morgan fingerprint density at radius 1 is 1.16 bits per heavy atom. The SMILES string of the molecule is CCCNc1nc(Cl)nc(NCCC(=O)OCC)n1. The first-order chi connectivity index (χ1) is 9.15. The van der Waals surface area contributed by atoms with Crippen molar-refractivity contribution in [3.05, 3.63) is 5.28 Å². The molecule has 0 fully saturated rings. The van der Waals surface area contributed by atoms with Crippen LogP contribution >= 0.6 is 11.6 Å². The predicted molar refractivity (Wildman–Crippen MR) is 73.4 cm³/mol. The second-order valence-electron chi connectivity index (χ2n) is 3.66. The molecule has 7 nitrogen and oxygen atoms in total. The van der Waals surface area contributed by atoms with Crippen molar-refractivity contribution in [1.29, 1.82) is 0 Å². The zero-order chi connectivity index (χ0) is 14.1. The summed E-state index contributed by atoms with van der Waals surface area (Å²) in [7, 11) is 0. The quantitative estimate of drug-likeness (QED) is 0.704. The van der Waals surface area contributed by atoms with Gasteiger partial charge in [0.1, 0.15) is 0 Å². The lowest BCUT2D eigenvalue weighted by Gasteiger charge is -2.07. The molecule has 0 amide bonds. The van der Waals surface area contributed by atoms with E-state index in [-0.39, 0.29) is 17.7 Å². The van der Waals surface area contributed by atoms with Crippen molar-refractivity contribution in [3.8, 4) is 0 Å². The van der Waals surface area contributed by atoms with Crippen LogP contribution in [0.1, 0.15) is 26.7 Å². The molecule has 0 atom stereocenters. The van der Waals surface area contributed by atoms with E-state index in [2.05, 4.69) is 25.6 Å². The number of hydrogen-bond acceptors (Lipinski definition) is 7. The molecule has 0 saturated carbocycles. The van der Waals surface area contributed by atoms with Crippen molar-refractivity contribution in [2.24, 2.45) is 0 Å². The van der Waals surface area contributed by atoms with Crippen molar-refractivity contribution >= 4 is 29.5 Å². The van der Waals surface area contributed by atoms with Crippen LogP contribution in [0.25, 0.3) is 0 Å². The van der Waals surface area contributed by atoms with Gasteiger partial charge >= 0.3 is 5.97 Å². The summed E-state index contributed by atoms with van der Waals surface area (Å²) < 4.78 is 4.81. The van der Waals surface area contributed by atoms with E-state index >= 15 is 0 Å². The number of carbonyl (C=O) groups is 1. The van der Waals surface area contributed by atoms with E-state index in [0.717, 1.165) is 13.0 Å². The Kier molecular flexibility index (Phi) is 6.88. The summed E-state index contributed by atoms with van der Waals surface area (Å²) in [5.41, 5.74) is 0. The summed E-state index contributed by atoms with van der Waals surface area (Å²) in [6.07, 6.45) is 1.20. The summed E-state index contributed by atoms with van der Waals surface area (Å²) in [6.45, 7) is 5.31. The van der Waals surface area contributed by atoms with Gasteiger partial charge in [-0.2, -0.15) is 15.0 Å². The minimum atomic E-state index is -0.264. The Bertz CT molecular complexity index is 416. The standard InChI is InChI=1S/C11H18ClN5O2/c1-3-6-13-10-15-9(12)16-11(17-10)14-7-5-8(18)19-4-2/h3-7H2,1-2H3,(H2,13,14,15,16,17). The molecule has 1 aromatic heterocycles. The Labute approximate surface area is 117 Å². The first-order valence-corrected chi connectivity index (χ1v) is 6.58. The van der Waals surface area contributed by atoms with Gasteiger partial charge in [0.25, 0.3) is 0 Å². The van der Waals surface area contributed by atoms with Gasteiger partial charge in [-0.25, -0.2) is 0 Å². The van der Waals surface area contributed by atoms with E-state index in [9.17, 15) is 4.79 Å². The molecule has 106 valence electrons. The summed E-state index contributed by atoms with van der Waals surface area (Å²) >= 11 is 5.79. The Balaban J connectivity index is 2.48. The highest BCUT2D eigenvalue weighted by Gasteiger charge is 2.06. The predicted octanol–water partition coefficient (Wildman–Crippen LogP) is 1.71. The molecule has 0 aliphatic heterocycles. The smallest absolute Gasteiger partial charge is 0.307 e. The highest BCUT2D eigenvalue weighted by molar-refractivity contribution is 6.28. The van der Waals surface area contributed by atoms with Crippen molar-refractivity contribution in [3.63, 3.8) is 0 Å². The van der Waals surface area contributed by atoms with Crippen molar-refractivity contribution < 1.29 is 9.53 Å². The molecule has 0 saturated heterocycles. The van der Waals surface area contributed by atoms with Gasteiger partial charge in [-0.1, -0.05) is 6.92 Å². The normalized spacial score (nSPS) is 10.1. The monoisotopic (exact) mass is 287 g/mol. The second kappa shape index (κ2) is 8.47. The highest BCUT2D eigenvalue weighted by Crippen LogP contribution is 2.09. The molecule has 0 aromatic carbocycles. The van der Waals surface area contributed by atoms with Crippen LogP contribution in [0.5, 0.6) is 0 Å². The molecular formula is C11H18ClN5O2. The molecule has 1 heterocycles. The van der Waals surface area contributed by atoms with Gasteiger partial charge in [-0.15, -0.1) is 0 Å². The maximum atomic E-state index is 11.2. The zero-order valence-corrected chi connectivity index (χ0v) is 11.8. The van der Waals surface area contributed by atoms with Crippen molar-refractivity contribution in [1.82, 2.24) is 15.0 Å². The number of nitrogens with zero attached hydrogens (tertiary/aromatic N) is 3. The molecular weight excluding hydrogens is 270 g/mol. The lowest BCUT2D eigenvalue weighted by molar-refractivity contribution is -0.142. The minimum absolute atomic E-state index is 0.104. The summed E-state index contributed by atoms with van der Waals surface area (Å²) in [5.74, 6) is 0.489. The number of halogens is 1. The van der Waals surface area contributed by atoms with Gasteiger partial charge in [0.2, 0.25) is 17.2 Å². The lowest BCUT2D eigenvalue weighted by Crippen LogP contribution is -2.14. The number of ether oxygens (including phenoxy) is 1. The summed E-state index contributed by atoms with van der Waals surface area (Å²) in [4.78, 5) is 23.2. The molecule has 2 N–H and O–H groups in total. The Morgan fingerprint density at radius 2 is 1.79 bits per heavy atom. The average Bonchev–Trinajstić information content (AvgIpc) is 2.36. The molecule has 0 unspecified atom stereocenters. The third-order valence-electron chi connectivity index (χ3n) is 2.06. The minimum Gasteiger partial charge on any atom is -0.466 e. The fourth-order valence-electron chi connectivity index (χ4n) is 1.25. The van der Waals surface area contributed by atoms with Crippen LogP contribution in [0, 0.1) is 0 Å². The molecule has 0 aliphatic rings. The molecule has 0 spiro atoms. The van der Waals surface area contributed by atoms with Crippen LogP contribution in [-0.4, -0.2) is 40.6 Å². The van der Waals surface area contributed by atoms with Crippen molar-refractivity contribution in [2.45, 2.75) is 26.7 Å². The second-order valence-corrected chi connectivity index (χ2v) is 4.00. The average molecular weight is 288 g/mol. The number of carbonyl (C=O) groups excluding carboxylic acids is 1. The van der Waals surface area contributed by atoms with Crippen LogP contribution in [0.15, 0.2) is 0 Å². The van der Waals surface area contributed by atoms with E-state index in [1.165, 1.54) is 0 Å². The number of esters is 1. The topological polar surface area (TPSA) is 89.0 Å². The third-order valence-corrected chi connectivity index (χ3v) is 2.23. The van der Waals surface area contributed by atoms with Crippen LogP contribution in [0.4, 0.5) is 11.9 Å². The first-order valence-electron chi connectivity index (χ1n) is 6.20. The third kappa shape index (κ3) is 6.19. The maximum Gasteiger partial charge on any atom is 0.307 e. The summed E-state index contributed by atoms with van der Waals surface area (Å²) in [5, 5.41) is 6.02. The number of nitrogens with one attached hydrogen (secondary N) is 2. The number of aromatic nitrogens is 3. The van der Waals surface area contributed by atoms with Gasteiger partial charge < -0.3 is 15.4 Å². The van der Waals surface area contributed by atoms with E-state index in [1.807, 2.05) is 6.92 Å². The fourth-order valence-corrected chi connectivity index (χ4v) is 1.41. The van der Waals surface area contributed by atoms with Crippen LogP contribution in [0.3, 0.4) is 0 Å². The van der Waals surface area contributed by atoms with Gasteiger partial charge in [0.15, 0.2) is 0 Å². The molecule has 1 aromatic rings. The number of hydrogen-bond donors (Lipinski definition) is 2. The van der Waals surface area contributed by atoms with E-state index < -0.39 is 0 Å². The van der Waals surface area contributed by atoms with Gasteiger partial charge in [-0.05, 0) is 24.9 Å². The van der Waals surface area contributed by atoms with Gasteiger partial charge in [0.05, 0.1) is 13.0 Å². The molecule has 0 aliphatic carbocycles. The largest absolute Gasteiger partial charge is 0.466 e. The van der Waals surface area contributed by atoms with E-state index in [4.69, 9.17) is 16.3 Å². The highest BCUT2D eigenvalue weighted by atomic mass is 35.5.